The van der Waals surface area contributed by atoms with E-state index >= 15 is 0 Å². The van der Waals surface area contributed by atoms with Crippen LogP contribution in [0.15, 0.2) is 36.9 Å². The Morgan fingerprint density at radius 3 is 2.39 bits per heavy atom. The summed E-state index contributed by atoms with van der Waals surface area (Å²) in [6, 6.07) is 3.59. The summed E-state index contributed by atoms with van der Waals surface area (Å²) in [5, 5.41) is 0. The van der Waals surface area contributed by atoms with Crippen molar-refractivity contribution in [3.63, 3.8) is 0 Å². The lowest BCUT2D eigenvalue weighted by molar-refractivity contribution is 0.0137. The van der Waals surface area contributed by atoms with Gasteiger partial charge in [0.25, 0.3) is 5.92 Å². The first-order valence-corrected chi connectivity index (χ1v) is 5.24. The number of alkyl halides is 2. The molecule has 0 spiro atoms. The molecular formula is C13H10F3N2. The molecule has 0 saturated heterocycles. The molecule has 0 N–H and O–H groups in total. The molecule has 1 heterocycles. The van der Waals surface area contributed by atoms with E-state index in [1.165, 1.54) is 12.4 Å². The molecule has 1 aromatic heterocycles. The molecule has 0 aliphatic rings. The third kappa shape index (κ3) is 2.85. The molecule has 0 atom stereocenters. The zero-order valence-corrected chi connectivity index (χ0v) is 9.57. The van der Waals surface area contributed by atoms with Gasteiger partial charge in [0.05, 0.1) is 5.56 Å². The molecule has 2 aromatic rings. The Balaban J connectivity index is 2.31. The summed E-state index contributed by atoms with van der Waals surface area (Å²) in [5.41, 5.74) is 0.519. The maximum absolute atomic E-state index is 13.3. The molecular weight excluding hydrogens is 241 g/mol. The lowest BCUT2D eigenvalue weighted by Gasteiger charge is -2.13. The second-order valence-electron chi connectivity index (χ2n) is 3.94. The van der Waals surface area contributed by atoms with Crippen LogP contribution in [0.4, 0.5) is 13.2 Å². The zero-order valence-electron chi connectivity index (χ0n) is 9.57. The maximum Gasteiger partial charge on any atom is 0.273 e. The van der Waals surface area contributed by atoms with E-state index in [2.05, 4.69) is 9.97 Å². The Labute approximate surface area is 103 Å². The number of halogens is 3. The van der Waals surface area contributed by atoms with E-state index in [-0.39, 0.29) is 0 Å². The molecule has 5 heteroatoms. The van der Waals surface area contributed by atoms with Crippen LogP contribution in [0.3, 0.4) is 0 Å². The standard InChI is InChI=1S/C13H10F3N2/c1-13(15,16)11-5-9(2-3-12(11)14)4-10-6-17-8-18-7-10/h2-8H,1H3. The summed E-state index contributed by atoms with van der Waals surface area (Å²) in [6.45, 7) is 0.667. The van der Waals surface area contributed by atoms with E-state index in [1.54, 1.807) is 18.8 Å². The summed E-state index contributed by atoms with van der Waals surface area (Å²) < 4.78 is 39.6. The molecule has 1 aromatic carbocycles. The molecule has 2 nitrogen and oxygen atoms in total. The van der Waals surface area contributed by atoms with Gasteiger partial charge < -0.3 is 0 Å². The highest BCUT2D eigenvalue weighted by atomic mass is 19.3. The Morgan fingerprint density at radius 1 is 1.11 bits per heavy atom. The van der Waals surface area contributed by atoms with Crippen LogP contribution in [-0.2, 0) is 5.92 Å². The smallest absolute Gasteiger partial charge is 0.245 e. The number of rotatable bonds is 3. The van der Waals surface area contributed by atoms with Gasteiger partial charge in [0.2, 0.25) is 0 Å². The van der Waals surface area contributed by atoms with Crippen molar-refractivity contribution in [2.75, 3.05) is 0 Å². The summed E-state index contributed by atoms with van der Waals surface area (Å²) in [4.78, 5) is 7.61. The summed E-state index contributed by atoms with van der Waals surface area (Å²) in [5.74, 6) is -4.12. The van der Waals surface area contributed by atoms with Gasteiger partial charge in [-0.05, 0) is 23.3 Å². The van der Waals surface area contributed by atoms with Crippen LogP contribution < -0.4 is 0 Å². The van der Waals surface area contributed by atoms with Crippen molar-refractivity contribution in [2.24, 2.45) is 0 Å². The lowest BCUT2D eigenvalue weighted by Crippen LogP contribution is -2.10. The number of hydrogen-bond donors (Lipinski definition) is 0. The Kier molecular flexibility index (Phi) is 3.32. The third-order valence-electron chi connectivity index (χ3n) is 2.38. The van der Waals surface area contributed by atoms with Crippen LogP contribution in [0, 0.1) is 12.2 Å². The second-order valence-corrected chi connectivity index (χ2v) is 3.94. The molecule has 0 fully saturated rings. The lowest BCUT2D eigenvalue weighted by atomic mass is 10.0. The van der Waals surface area contributed by atoms with Gasteiger partial charge in [-0.3, -0.25) is 0 Å². The van der Waals surface area contributed by atoms with Gasteiger partial charge in [0.1, 0.15) is 12.1 Å². The predicted molar refractivity (Wildman–Crippen MR) is 60.5 cm³/mol. The van der Waals surface area contributed by atoms with Crippen LogP contribution in [0.1, 0.15) is 23.6 Å². The average molecular weight is 251 g/mol. The number of benzene rings is 1. The van der Waals surface area contributed by atoms with Gasteiger partial charge in [-0.1, -0.05) is 6.07 Å². The molecule has 0 bridgehead atoms. The molecule has 1 radical (unpaired) electrons. The van der Waals surface area contributed by atoms with E-state index < -0.39 is 17.3 Å². The summed E-state index contributed by atoms with van der Waals surface area (Å²) in [7, 11) is 0. The Bertz CT molecular complexity index is 536. The van der Waals surface area contributed by atoms with Gasteiger partial charge in [0, 0.05) is 25.7 Å². The number of nitrogens with zero attached hydrogens (tertiary/aromatic N) is 2. The van der Waals surface area contributed by atoms with Crippen molar-refractivity contribution >= 4 is 0 Å². The van der Waals surface area contributed by atoms with E-state index in [0.29, 0.717) is 18.1 Å². The quantitative estimate of drug-likeness (QED) is 0.836. The van der Waals surface area contributed by atoms with Crippen molar-refractivity contribution in [2.45, 2.75) is 12.8 Å². The van der Waals surface area contributed by atoms with E-state index in [1.807, 2.05) is 0 Å². The zero-order chi connectivity index (χ0) is 13.2. The molecule has 0 saturated carbocycles. The van der Waals surface area contributed by atoms with Crippen molar-refractivity contribution in [1.82, 2.24) is 9.97 Å². The van der Waals surface area contributed by atoms with Crippen molar-refractivity contribution in [3.05, 3.63) is 65.8 Å². The SMILES string of the molecule is CC(F)(F)c1cc([CH]c2cncnc2)ccc1F. The fourth-order valence-electron chi connectivity index (χ4n) is 1.55. The highest BCUT2D eigenvalue weighted by Crippen LogP contribution is 2.30. The Hall–Kier alpha value is -1.91. The fourth-order valence-corrected chi connectivity index (χ4v) is 1.55. The van der Waals surface area contributed by atoms with Crippen LogP contribution in [0.5, 0.6) is 0 Å². The maximum atomic E-state index is 13.3. The van der Waals surface area contributed by atoms with Gasteiger partial charge in [0.15, 0.2) is 0 Å². The minimum Gasteiger partial charge on any atom is -0.245 e. The summed E-state index contributed by atoms with van der Waals surface area (Å²) in [6.07, 6.45) is 6.06. The van der Waals surface area contributed by atoms with Crippen LogP contribution >= 0.6 is 0 Å². The van der Waals surface area contributed by atoms with Crippen LogP contribution in [-0.4, -0.2) is 9.97 Å². The first kappa shape index (κ1) is 12.5. The van der Waals surface area contributed by atoms with Gasteiger partial charge in [-0.15, -0.1) is 0 Å². The largest absolute Gasteiger partial charge is 0.273 e. The van der Waals surface area contributed by atoms with Crippen LogP contribution in [0.2, 0.25) is 0 Å². The fraction of sp³-hybridized carbons (Fsp3) is 0.154. The van der Waals surface area contributed by atoms with Crippen molar-refractivity contribution < 1.29 is 13.2 Å². The normalized spacial score (nSPS) is 11.6. The summed E-state index contributed by atoms with van der Waals surface area (Å²) >= 11 is 0. The van der Waals surface area contributed by atoms with E-state index in [4.69, 9.17) is 0 Å². The monoisotopic (exact) mass is 251 g/mol. The van der Waals surface area contributed by atoms with Crippen molar-refractivity contribution in [1.29, 1.82) is 0 Å². The number of hydrogen-bond acceptors (Lipinski definition) is 2. The van der Waals surface area contributed by atoms with Crippen molar-refractivity contribution in [3.8, 4) is 0 Å². The van der Waals surface area contributed by atoms with E-state index in [0.717, 1.165) is 12.1 Å². The third-order valence-corrected chi connectivity index (χ3v) is 2.38. The minimum atomic E-state index is -3.21. The van der Waals surface area contributed by atoms with Gasteiger partial charge >= 0.3 is 0 Å². The molecule has 93 valence electrons. The average Bonchev–Trinajstić information content (AvgIpc) is 2.31. The van der Waals surface area contributed by atoms with Gasteiger partial charge in [-0.2, -0.15) is 0 Å². The van der Waals surface area contributed by atoms with E-state index in [9.17, 15) is 13.2 Å². The molecule has 2 rings (SSSR count). The molecule has 0 aliphatic heterocycles. The number of aromatic nitrogens is 2. The molecule has 0 amide bonds. The topological polar surface area (TPSA) is 25.8 Å². The van der Waals surface area contributed by atoms with Gasteiger partial charge in [-0.25, -0.2) is 23.1 Å². The molecule has 0 aliphatic carbocycles. The minimum absolute atomic E-state index is 0.475. The Morgan fingerprint density at radius 2 is 1.78 bits per heavy atom. The first-order valence-electron chi connectivity index (χ1n) is 5.24. The molecule has 18 heavy (non-hydrogen) atoms. The molecule has 0 unspecified atom stereocenters. The first-order chi connectivity index (χ1) is 8.47. The highest BCUT2D eigenvalue weighted by Gasteiger charge is 2.28. The second kappa shape index (κ2) is 4.76. The van der Waals surface area contributed by atoms with Crippen LogP contribution in [0.25, 0.3) is 0 Å². The highest BCUT2D eigenvalue weighted by molar-refractivity contribution is 5.38. The predicted octanol–water partition coefficient (Wildman–Crippen LogP) is 3.33.